The van der Waals surface area contributed by atoms with Gasteiger partial charge in [-0.1, -0.05) is 0 Å². The number of fused-ring (bicyclic) bond motifs is 9. The molecule has 4 nitrogen and oxygen atoms in total. The first-order chi connectivity index (χ1) is 20.6. The Kier molecular flexibility index (Phi) is 6.17. The highest BCUT2D eigenvalue weighted by Gasteiger charge is 2.23. The zero-order chi connectivity index (χ0) is 28.5. The molecule has 0 fully saturated rings. The third-order valence-electron chi connectivity index (χ3n) is 6.44. The van der Waals surface area contributed by atoms with Crippen molar-refractivity contribution in [3.8, 4) is 31.6 Å². The highest BCUT2D eigenvalue weighted by atomic mass is 32.1. The summed E-state index contributed by atoms with van der Waals surface area (Å²) in [6.45, 7) is 14.2. The summed E-state index contributed by atoms with van der Waals surface area (Å²) < 4.78 is 13.6. The van der Waals surface area contributed by atoms with Crippen molar-refractivity contribution in [2.24, 2.45) is 0 Å². The molecule has 0 saturated heterocycles. The van der Waals surface area contributed by atoms with Gasteiger partial charge in [0.15, 0.2) is 0 Å². The Balaban J connectivity index is 1.17. The Morgan fingerprint density at radius 1 is 0.524 bits per heavy atom. The second-order valence-corrected chi connectivity index (χ2v) is 17.4. The van der Waals surface area contributed by atoms with E-state index >= 15 is 0 Å². The largest absolute Gasteiger partial charge is 0.263 e. The van der Waals surface area contributed by atoms with Crippen LogP contribution in [0, 0.1) is 35.8 Å². The van der Waals surface area contributed by atoms with E-state index in [9.17, 15) is 0 Å². The molecule has 0 amide bonds. The average Bonchev–Trinajstić information content (AvgIpc) is 3.82. The van der Waals surface area contributed by atoms with Gasteiger partial charge in [-0.2, -0.15) is 0 Å². The van der Waals surface area contributed by atoms with E-state index in [-0.39, 0.29) is 11.4 Å². The lowest BCUT2D eigenvalue weighted by Gasteiger charge is -1.89. The van der Waals surface area contributed by atoms with Gasteiger partial charge in [-0.05, 0) is 48.6 Å². The molecule has 0 aliphatic rings. The molecule has 42 heavy (non-hydrogen) atoms. The van der Waals surface area contributed by atoms with Crippen LogP contribution in [0.1, 0.15) is 9.75 Å². The Labute approximate surface area is 270 Å². The SMILES string of the molecule is [C-]#[N+]/C(C#N)=C\c1ccc(-c2cc3sc4c(sc5c6sc7cc(-c8ccc(/C=C(\C#N)[N+]#[C-])s8)sc7c6sc45)c3s2)s1. The fourth-order valence-corrected chi connectivity index (χ4v) is 15.5. The molecular weight excluding hydrogens is 673 g/mol. The van der Waals surface area contributed by atoms with Crippen LogP contribution in [0.3, 0.4) is 0 Å². The van der Waals surface area contributed by atoms with Crippen LogP contribution < -0.4 is 0 Å². The van der Waals surface area contributed by atoms with Gasteiger partial charge >= 0.3 is 0 Å². The summed E-state index contributed by atoms with van der Waals surface area (Å²) in [5.74, 6) is 0. The molecule has 8 aromatic heterocycles. The molecule has 0 radical (unpaired) electrons. The normalized spacial score (nSPS) is 12.5. The molecule has 12 heteroatoms. The van der Waals surface area contributed by atoms with Gasteiger partial charge in [0.25, 0.3) is 11.4 Å². The quantitative estimate of drug-likeness (QED) is 0.137. The predicted octanol–water partition coefficient (Wildman–Crippen LogP) is 12.8. The number of rotatable bonds is 4. The van der Waals surface area contributed by atoms with Gasteiger partial charge in [-0.3, -0.25) is 0 Å². The Morgan fingerprint density at radius 3 is 1.33 bits per heavy atom. The molecule has 0 aliphatic heterocycles. The summed E-state index contributed by atoms with van der Waals surface area (Å²) in [6.07, 6.45) is 3.31. The molecule has 8 rings (SSSR count). The molecule has 0 unspecified atom stereocenters. The van der Waals surface area contributed by atoms with E-state index in [1.165, 1.54) is 56.8 Å². The van der Waals surface area contributed by atoms with E-state index in [0.29, 0.717) is 0 Å². The number of allylic oxidation sites excluding steroid dienone is 2. The van der Waals surface area contributed by atoms with Crippen LogP contribution in [0.25, 0.3) is 88.3 Å². The van der Waals surface area contributed by atoms with Gasteiger partial charge in [-0.25, -0.2) is 20.2 Å². The Bertz CT molecular complexity index is 2420. The molecular formula is C30H8N4S8. The lowest BCUT2D eigenvalue weighted by Crippen LogP contribution is -1.65. The second kappa shape index (κ2) is 9.97. The molecule has 196 valence electrons. The lowest BCUT2D eigenvalue weighted by atomic mass is 10.3. The maximum absolute atomic E-state index is 9.08. The molecule has 0 aliphatic carbocycles. The highest BCUT2D eigenvalue weighted by molar-refractivity contribution is 7.50. The van der Waals surface area contributed by atoms with Gasteiger partial charge in [-0.15, -0.1) is 90.7 Å². The minimum atomic E-state index is 0.105. The fourth-order valence-electron chi connectivity index (χ4n) is 4.63. The Morgan fingerprint density at radius 2 is 0.929 bits per heavy atom. The van der Waals surface area contributed by atoms with Crippen molar-refractivity contribution >= 4 is 150 Å². The van der Waals surface area contributed by atoms with Crippen molar-refractivity contribution in [3.05, 3.63) is 80.4 Å². The number of thiophene rings is 8. The van der Waals surface area contributed by atoms with Crippen molar-refractivity contribution in [1.82, 2.24) is 0 Å². The van der Waals surface area contributed by atoms with Crippen molar-refractivity contribution in [1.29, 1.82) is 10.5 Å². The number of nitrogens with zero attached hydrogens (tertiary/aromatic N) is 4. The van der Waals surface area contributed by atoms with E-state index in [4.69, 9.17) is 23.7 Å². The van der Waals surface area contributed by atoms with Crippen LogP contribution in [-0.2, 0) is 0 Å². The summed E-state index contributed by atoms with van der Waals surface area (Å²) in [5, 5.41) is 18.2. The maximum atomic E-state index is 9.08. The predicted molar refractivity (Wildman–Crippen MR) is 188 cm³/mol. The summed E-state index contributed by atoms with van der Waals surface area (Å²) in [4.78, 5) is 13.1. The van der Waals surface area contributed by atoms with E-state index in [1.54, 1.807) is 34.8 Å². The van der Waals surface area contributed by atoms with Crippen LogP contribution in [0.4, 0.5) is 0 Å². The van der Waals surface area contributed by atoms with Crippen LogP contribution in [0.15, 0.2) is 47.8 Å². The summed E-state index contributed by atoms with van der Waals surface area (Å²) >= 11 is 14.5. The van der Waals surface area contributed by atoms with Gasteiger partial charge in [0, 0.05) is 38.7 Å². The number of hydrogen-bond donors (Lipinski definition) is 0. The Hall–Kier alpha value is -3.66. The van der Waals surface area contributed by atoms with E-state index in [2.05, 4.69) is 34.0 Å². The summed E-state index contributed by atoms with van der Waals surface area (Å²) in [6, 6.07) is 16.6. The summed E-state index contributed by atoms with van der Waals surface area (Å²) in [7, 11) is 0. The fraction of sp³-hybridized carbons (Fsp3) is 0. The van der Waals surface area contributed by atoms with Crippen LogP contribution >= 0.6 is 90.7 Å². The van der Waals surface area contributed by atoms with Crippen LogP contribution in [-0.4, -0.2) is 0 Å². The van der Waals surface area contributed by atoms with Crippen LogP contribution in [0.5, 0.6) is 0 Å². The molecule has 8 aromatic rings. The number of nitriles is 2. The highest BCUT2D eigenvalue weighted by Crippen LogP contribution is 2.57. The first kappa shape index (κ1) is 26.0. The monoisotopic (exact) mass is 680 g/mol. The molecule has 0 saturated carbocycles. The standard InChI is InChI=1S/C30H8N4S8/c1-33-13(11-31)7-15-3-5-17(35-15)19-9-21-23(37-19)25-27(39-21)29-30(41-25)28-26(42-29)24-22(40-28)10-20(38-24)18-6-4-16(36-18)8-14(12-32)34-2/h3-10H/b13-7-,14-8+. The van der Waals surface area contributed by atoms with Gasteiger partial charge in [0.1, 0.15) is 0 Å². The molecule has 0 spiro atoms. The molecule has 0 bridgehead atoms. The molecule has 0 aromatic carbocycles. The second-order valence-electron chi connectivity index (χ2n) is 8.90. The van der Waals surface area contributed by atoms with Crippen molar-refractivity contribution in [2.45, 2.75) is 0 Å². The molecule has 0 N–H and O–H groups in total. The minimum absolute atomic E-state index is 0.105. The van der Waals surface area contributed by atoms with E-state index in [0.717, 1.165) is 19.5 Å². The third kappa shape index (κ3) is 4.01. The minimum Gasteiger partial charge on any atom is -0.227 e. The van der Waals surface area contributed by atoms with Gasteiger partial charge in [0.05, 0.1) is 62.9 Å². The first-order valence-corrected chi connectivity index (χ1v) is 18.5. The first-order valence-electron chi connectivity index (χ1n) is 12.0. The van der Waals surface area contributed by atoms with Crippen molar-refractivity contribution in [2.75, 3.05) is 0 Å². The van der Waals surface area contributed by atoms with Crippen LogP contribution in [0.2, 0.25) is 0 Å². The average molecular weight is 681 g/mol. The van der Waals surface area contributed by atoms with E-state index < -0.39 is 0 Å². The van der Waals surface area contributed by atoms with Gasteiger partial charge < -0.3 is 0 Å². The zero-order valence-electron chi connectivity index (χ0n) is 20.7. The van der Waals surface area contributed by atoms with Crippen molar-refractivity contribution in [3.63, 3.8) is 0 Å². The maximum Gasteiger partial charge on any atom is 0.263 e. The lowest BCUT2D eigenvalue weighted by molar-refractivity contribution is 1.51. The smallest absolute Gasteiger partial charge is 0.227 e. The molecule has 8 heterocycles. The van der Waals surface area contributed by atoms with Crippen molar-refractivity contribution < 1.29 is 0 Å². The molecule has 0 atom stereocenters. The van der Waals surface area contributed by atoms with Gasteiger partial charge in [0.2, 0.25) is 0 Å². The van der Waals surface area contributed by atoms with E-state index in [1.807, 2.05) is 92.3 Å². The topological polar surface area (TPSA) is 56.3 Å². The third-order valence-corrected chi connectivity index (χ3v) is 17.1. The summed E-state index contributed by atoms with van der Waals surface area (Å²) in [5.41, 5.74) is 0.209. The number of hydrogen-bond acceptors (Lipinski definition) is 10. The zero-order valence-corrected chi connectivity index (χ0v) is 27.2.